The topological polar surface area (TPSA) is 112 Å². The van der Waals surface area contributed by atoms with Crippen molar-refractivity contribution in [3.8, 4) is 0 Å². The Morgan fingerprint density at radius 1 is 1.00 bits per heavy atom. The van der Waals surface area contributed by atoms with Crippen LogP contribution in [-0.2, 0) is 16.1 Å². The summed E-state index contributed by atoms with van der Waals surface area (Å²) < 4.78 is 77.5. The molecule has 0 bridgehead atoms. The lowest BCUT2D eigenvalue weighted by Crippen LogP contribution is -2.54. The Kier molecular flexibility index (Phi) is 12.6. The van der Waals surface area contributed by atoms with Crippen LogP contribution in [0.15, 0.2) is 35.5 Å². The number of nitrogens with one attached hydrogen (secondary N) is 2. The van der Waals surface area contributed by atoms with Gasteiger partial charge in [-0.05, 0) is 55.5 Å². The van der Waals surface area contributed by atoms with Crippen molar-refractivity contribution in [3.63, 3.8) is 0 Å². The van der Waals surface area contributed by atoms with E-state index in [4.69, 9.17) is 10.1 Å². The van der Waals surface area contributed by atoms with Crippen molar-refractivity contribution >= 4 is 43.7 Å². The number of amides is 2. The van der Waals surface area contributed by atoms with Gasteiger partial charge < -0.3 is 20.4 Å². The van der Waals surface area contributed by atoms with Crippen molar-refractivity contribution in [2.45, 2.75) is 87.6 Å². The van der Waals surface area contributed by atoms with E-state index in [1.807, 2.05) is 0 Å². The van der Waals surface area contributed by atoms with Gasteiger partial charge in [-0.1, -0.05) is 38.9 Å². The van der Waals surface area contributed by atoms with Crippen LogP contribution in [0.25, 0.3) is 0 Å². The fourth-order valence-corrected chi connectivity index (χ4v) is 7.75. The van der Waals surface area contributed by atoms with E-state index in [0.29, 0.717) is 23.9 Å². The van der Waals surface area contributed by atoms with Crippen molar-refractivity contribution in [1.82, 2.24) is 19.6 Å². The largest absolute Gasteiger partial charge is 0.362 e. The second-order valence-corrected chi connectivity index (χ2v) is 20.6. The number of carbonyl (C=O) groups is 2. The fraction of sp³-hybridized carbons (Fsp3) is 0.457. The first kappa shape index (κ1) is 38.5. The van der Waals surface area contributed by atoms with Crippen LogP contribution in [0.1, 0.15) is 71.8 Å². The monoisotopic (exact) mass is 748 g/mol. The lowest BCUT2D eigenvalue weighted by Gasteiger charge is -2.41. The van der Waals surface area contributed by atoms with E-state index in [-0.39, 0.29) is 49.3 Å². The molecule has 2 fully saturated rings. The van der Waals surface area contributed by atoms with Gasteiger partial charge in [0.15, 0.2) is 23.3 Å². The smallest absolute Gasteiger partial charge is 0.253 e. The van der Waals surface area contributed by atoms with E-state index < -0.39 is 59.9 Å². The van der Waals surface area contributed by atoms with E-state index in [2.05, 4.69) is 34.9 Å². The summed E-state index contributed by atoms with van der Waals surface area (Å²) in [5, 5.41) is 10.7. The predicted molar refractivity (Wildman–Crippen MR) is 187 cm³/mol. The van der Waals surface area contributed by atoms with Crippen LogP contribution in [-0.4, -0.2) is 66.3 Å². The minimum Gasteiger partial charge on any atom is -0.362 e. The van der Waals surface area contributed by atoms with Gasteiger partial charge in [-0.3, -0.25) is 19.6 Å². The first-order chi connectivity index (χ1) is 24.3. The third-order valence-corrected chi connectivity index (χ3v) is 12.0. The molecule has 2 aromatic carbocycles. The van der Waals surface area contributed by atoms with E-state index in [0.717, 1.165) is 43.6 Å². The maximum atomic E-state index is 14.5. The molecular formula is C35H41F5N6O3SSi. The van der Waals surface area contributed by atoms with Crippen LogP contribution >= 0.6 is 11.9 Å². The Balaban J connectivity index is 1.39. The zero-order chi connectivity index (χ0) is 36.9. The maximum absolute atomic E-state index is 14.5. The molecule has 2 heterocycles. The first-order valence-electron chi connectivity index (χ1n) is 16.9. The van der Waals surface area contributed by atoms with Crippen molar-refractivity contribution in [1.29, 1.82) is 5.41 Å². The van der Waals surface area contributed by atoms with Crippen LogP contribution in [0, 0.1) is 34.5 Å². The second-order valence-electron chi connectivity index (χ2n) is 13.9. The number of nitrogens with zero attached hydrogens (tertiary/aromatic N) is 4. The molecule has 1 saturated heterocycles. The molecule has 0 unspecified atom stereocenters. The molecule has 1 aliphatic heterocycles. The standard InChI is InChI=1S/C35H41F5N6O3SSi/c1-51(2,3)14-13-49-20-44-34(47)25-10-9-24(15-22(25)16-41)45(19-23-17-43-26(18-42-23)21-7-5-4-6-8-21)35(48)27-11-12-46(27)50-33-31(39)29(37)28(36)30(38)32(33)40/h9-10,15-18,21,27,41H,4-8,11-14,19-20H2,1-3H3,(H,44,47)/t27-/m1/s1. The number of aromatic nitrogens is 2. The van der Waals surface area contributed by atoms with Gasteiger partial charge in [-0.25, -0.2) is 26.3 Å². The number of anilines is 1. The minimum atomic E-state index is -2.26. The van der Waals surface area contributed by atoms with Crippen LogP contribution in [0.4, 0.5) is 27.6 Å². The van der Waals surface area contributed by atoms with E-state index in [9.17, 15) is 31.5 Å². The Hall–Kier alpha value is -3.73. The molecule has 5 rings (SSSR count). The van der Waals surface area contributed by atoms with Crippen LogP contribution in [0.2, 0.25) is 25.7 Å². The van der Waals surface area contributed by atoms with Gasteiger partial charge >= 0.3 is 0 Å². The van der Waals surface area contributed by atoms with Gasteiger partial charge in [-0.15, -0.1) is 0 Å². The number of carbonyl (C=O) groups excluding carboxylic acids is 2. The molecule has 3 aromatic rings. The summed E-state index contributed by atoms with van der Waals surface area (Å²) in [5.41, 5.74) is 2.00. The maximum Gasteiger partial charge on any atom is 0.253 e. The van der Waals surface area contributed by atoms with Gasteiger partial charge in [0, 0.05) is 56.4 Å². The average Bonchev–Trinajstić information content (AvgIpc) is 3.11. The van der Waals surface area contributed by atoms with Gasteiger partial charge in [0.05, 0.1) is 24.1 Å². The van der Waals surface area contributed by atoms with Crippen LogP contribution in [0.5, 0.6) is 0 Å². The predicted octanol–water partition coefficient (Wildman–Crippen LogP) is 7.57. The Morgan fingerprint density at radius 2 is 1.69 bits per heavy atom. The summed E-state index contributed by atoms with van der Waals surface area (Å²) in [7, 11) is -1.31. The molecule has 1 saturated carbocycles. The van der Waals surface area contributed by atoms with Gasteiger partial charge in [0.2, 0.25) is 11.7 Å². The zero-order valence-electron chi connectivity index (χ0n) is 28.7. The molecule has 16 heteroatoms. The summed E-state index contributed by atoms with van der Waals surface area (Å²) >= 11 is 0.282. The molecular weight excluding hydrogens is 708 g/mol. The highest BCUT2D eigenvalue weighted by Crippen LogP contribution is 2.39. The minimum absolute atomic E-state index is 0.0130. The van der Waals surface area contributed by atoms with Crippen LogP contribution < -0.4 is 10.2 Å². The SMILES string of the molecule is C[Si](C)(C)CCOCNC(=O)c1ccc(N(Cc2cnc(C3CCCCC3)cn2)C(=O)[C@H]2CCN2Sc2c(F)c(F)c(F)c(F)c2F)cc1C=N. The van der Waals surface area contributed by atoms with Crippen molar-refractivity contribution in [2.75, 3.05) is 24.8 Å². The summed E-state index contributed by atoms with van der Waals surface area (Å²) in [6.07, 6.45) is 9.98. The molecule has 1 aromatic heterocycles. The lowest BCUT2D eigenvalue weighted by atomic mass is 9.87. The lowest BCUT2D eigenvalue weighted by molar-refractivity contribution is -0.124. The molecule has 51 heavy (non-hydrogen) atoms. The zero-order valence-corrected chi connectivity index (χ0v) is 30.5. The number of hydrogen-bond acceptors (Lipinski definition) is 8. The number of hydrogen-bond donors (Lipinski definition) is 2. The molecule has 2 N–H and O–H groups in total. The highest BCUT2D eigenvalue weighted by Gasteiger charge is 2.40. The third kappa shape index (κ3) is 9.20. The average molecular weight is 749 g/mol. The molecule has 1 atom stereocenters. The van der Waals surface area contributed by atoms with Crippen molar-refractivity contribution in [2.24, 2.45) is 0 Å². The molecule has 2 aliphatic rings. The fourth-order valence-electron chi connectivity index (χ4n) is 5.90. The normalized spacial score (nSPS) is 16.8. The summed E-state index contributed by atoms with van der Waals surface area (Å²) in [6, 6.07) is 4.44. The molecule has 274 valence electrons. The third-order valence-electron chi connectivity index (χ3n) is 9.05. The Bertz CT molecular complexity index is 1730. The Labute approximate surface area is 299 Å². The number of rotatable bonds is 14. The quantitative estimate of drug-likeness (QED) is 0.0256. The van der Waals surface area contributed by atoms with Gasteiger partial charge in [-0.2, -0.15) is 0 Å². The highest BCUT2D eigenvalue weighted by molar-refractivity contribution is 7.97. The summed E-state index contributed by atoms with van der Waals surface area (Å²) in [6.45, 7) is 7.20. The number of ether oxygens (including phenoxy) is 1. The number of halogens is 5. The van der Waals surface area contributed by atoms with Gasteiger partial charge in [0.25, 0.3) is 5.91 Å². The second kappa shape index (κ2) is 16.7. The summed E-state index contributed by atoms with van der Waals surface area (Å²) in [5.74, 6) is -11.1. The molecule has 0 radical (unpaired) electrons. The van der Waals surface area contributed by atoms with Crippen LogP contribution in [0.3, 0.4) is 0 Å². The van der Waals surface area contributed by atoms with Crippen molar-refractivity contribution < 1.29 is 36.3 Å². The van der Waals surface area contributed by atoms with Crippen molar-refractivity contribution in [3.05, 3.63) is 82.2 Å². The highest BCUT2D eigenvalue weighted by atomic mass is 32.2. The van der Waals surface area contributed by atoms with Gasteiger partial charge in [0.1, 0.15) is 17.7 Å². The number of benzene rings is 2. The van der Waals surface area contributed by atoms with E-state index >= 15 is 0 Å². The van der Waals surface area contributed by atoms with E-state index in [1.54, 1.807) is 12.4 Å². The Morgan fingerprint density at radius 3 is 2.27 bits per heavy atom. The molecule has 1 aliphatic carbocycles. The summed E-state index contributed by atoms with van der Waals surface area (Å²) in [4.78, 5) is 36.7. The molecule has 9 nitrogen and oxygen atoms in total. The van der Waals surface area contributed by atoms with E-state index in [1.165, 1.54) is 33.8 Å². The molecule has 2 amide bonds. The first-order valence-corrected chi connectivity index (χ1v) is 21.4. The molecule has 0 spiro atoms.